The Morgan fingerprint density at radius 2 is 2.11 bits per heavy atom. The number of benzene rings is 1. The van der Waals surface area contributed by atoms with Gasteiger partial charge >= 0.3 is 0 Å². The predicted molar refractivity (Wildman–Crippen MR) is 74.7 cm³/mol. The summed E-state index contributed by atoms with van der Waals surface area (Å²) in [7, 11) is 0. The monoisotopic (exact) mass is 258 g/mol. The average Bonchev–Trinajstić information content (AvgIpc) is 2.91. The van der Waals surface area contributed by atoms with Crippen LogP contribution < -0.4 is 11.1 Å². The number of nitrogens with one attached hydrogen (secondary N) is 1. The molecular formula is C14H18N4O. The minimum absolute atomic E-state index is 0.00489. The summed E-state index contributed by atoms with van der Waals surface area (Å²) in [4.78, 5) is 11.5. The average molecular weight is 258 g/mol. The first-order chi connectivity index (χ1) is 9.28. The lowest BCUT2D eigenvalue weighted by Crippen LogP contribution is -2.13. The first-order valence-corrected chi connectivity index (χ1v) is 6.34. The van der Waals surface area contributed by atoms with E-state index in [1.54, 1.807) is 6.20 Å². The van der Waals surface area contributed by atoms with Crippen LogP contribution in [0.25, 0.3) is 0 Å². The number of hydrogen-bond acceptors (Lipinski definition) is 3. The van der Waals surface area contributed by atoms with Gasteiger partial charge in [-0.05, 0) is 36.7 Å². The second kappa shape index (κ2) is 6.70. The molecule has 0 aliphatic carbocycles. The Labute approximate surface area is 112 Å². The van der Waals surface area contributed by atoms with Crippen molar-refractivity contribution in [2.24, 2.45) is 5.73 Å². The highest BCUT2D eigenvalue weighted by Crippen LogP contribution is 2.11. The quantitative estimate of drug-likeness (QED) is 0.826. The van der Waals surface area contributed by atoms with Gasteiger partial charge in [0, 0.05) is 24.5 Å². The molecule has 100 valence electrons. The van der Waals surface area contributed by atoms with E-state index in [9.17, 15) is 4.79 Å². The van der Waals surface area contributed by atoms with E-state index in [1.165, 1.54) is 0 Å². The summed E-state index contributed by atoms with van der Waals surface area (Å²) in [6, 6.07) is 9.67. The second-order valence-electron chi connectivity index (χ2n) is 4.34. The Morgan fingerprint density at radius 1 is 1.32 bits per heavy atom. The van der Waals surface area contributed by atoms with Gasteiger partial charge in [-0.2, -0.15) is 5.10 Å². The number of rotatable bonds is 6. The third-order valence-electron chi connectivity index (χ3n) is 2.75. The highest BCUT2D eigenvalue weighted by atomic mass is 16.1. The van der Waals surface area contributed by atoms with Gasteiger partial charge in [0.2, 0.25) is 5.91 Å². The van der Waals surface area contributed by atoms with Crippen molar-refractivity contribution < 1.29 is 4.79 Å². The van der Waals surface area contributed by atoms with Crippen molar-refractivity contribution in [1.82, 2.24) is 9.78 Å². The molecule has 1 aromatic heterocycles. The van der Waals surface area contributed by atoms with Crippen molar-refractivity contribution in [3.63, 3.8) is 0 Å². The Kier molecular flexibility index (Phi) is 4.69. The Morgan fingerprint density at radius 3 is 2.74 bits per heavy atom. The lowest BCUT2D eigenvalue weighted by molar-refractivity contribution is -0.116. The molecule has 5 nitrogen and oxygen atoms in total. The zero-order chi connectivity index (χ0) is 13.5. The second-order valence-corrected chi connectivity index (χ2v) is 4.34. The Hall–Kier alpha value is -2.14. The van der Waals surface area contributed by atoms with Gasteiger partial charge in [-0.15, -0.1) is 0 Å². The number of amides is 1. The Bertz CT molecular complexity index is 505. The van der Waals surface area contributed by atoms with Gasteiger partial charge in [0.05, 0.1) is 6.54 Å². The fourth-order valence-corrected chi connectivity index (χ4v) is 1.76. The standard InChI is InChI=1S/C14H18N4O/c15-8-1-3-14(19)17-13-6-4-12(5-7-13)11-18-10-2-9-16-18/h2,4-7,9-10H,1,3,8,11,15H2,(H,17,19). The largest absolute Gasteiger partial charge is 0.330 e. The Balaban J connectivity index is 1.89. The lowest BCUT2D eigenvalue weighted by Gasteiger charge is -2.06. The molecular weight excluding hydrogens is 240 g/mol. The minimum atomic E-state index is 0.00489. The van der Waals surface area contributed by atoms with Gasteiger partial charge in [0.25, 0.3) is 0 Å². The highest BCUT2D eigenvalue weighted by Gasteiger charge is 2.02. The van der Waals surface area contributed by atoms with E-state index in [0.29, 0.717) is 19.4 Å². The van der Waals surface area contributed by atoms with E-state index in [1.807, 2.05) is 41.2 Å². The van der Waals surface area contributed by atoms with Gasteiger partial charge in [0.1, 0.15) is 0 Å². The zero-order valence-electron chi connectivity index (χ0n) is 10.7. The predicted octanol–water partition coefficient (Wildman–Crippen LogP) is 1.61. The molecule has 0 aliphatic rings. The maximum absolute atomic E-state index is 11.5. The van der Waals surface area contributed by atoms with Crippen LogP contribution in [-0.2, 0) is 11.3 Å². The molecule has 0 spiro atoms. The smallest absolute Gasteiger partial charge is 0.224 e. The fourth-order valence-electron chi connectivity index (χ4n) is 1.76. The van der Waals surface area contributed by atoms with Gasteiger partial charge in [0.15, 0.2) is 0 Å². The van der Waals surface area contributed by atoms with Gasteiger partial charge in [-0.1, -0.05) is 12.1 Å². The summed E-state index contributed by atoms with van der Waals surface area (Å²) in [5.41, 5.74) is 7.32. The third-order valence-corrected chi connectivity index (χ3v) is 2.75. The molecule has 19 heavy (non-hydrogen) atoms. The van der Waals surface area contributed by atoms with Gasteiger partial charge < -0.3 is 11.1 Å². The van der Waals surface area contributed by atoms with Crippen LogP contribution in [0.5, 0.6) is 0 Å². The van der Waals surface area contributed by atoms with Crippen LogP contribution in [0.15, 0.2) is 42.7 Å². The maximum atomic E-state index is 11.5. The van der Waals surface area contributed by atoms with Gasteiger partial charge in [-0.25, -0.2) is 0 Å². The maximum Gasteiger partial charge on any atom is 0.224 e. The number of carbonyl (C=O) groups excluding carboxylic acids is 1. The fraction of sp³-hybridized carbons (Fsp3) is 0.286. The molecule has 0 saturated heterocycles. The topological polar surface area (TPSA) is 72.9 Å². The summed E-state index contributed by atoms with van der Waals surface area (Å²) in [6.45, 7) is 1.27. The molecule has 0 saturated carbocycles. The molecule has 2 rings (SSSR count). The summed E-state index contributed by atoms with van der Waals surface area (Å²) in [5.74, 6) is 0.00489. The number of anilines is 1. The number of carbonyl (C=O) groups is 1. The zero-order valence-corrected chi connectivity index (χ0v) is 10.7. The molecule has 2 aromatic rings. The van der Waals surface area contributed by atoms with Crippen molar-refractivity contribution >= 4 is 11.6 Å². The normalized spacial score (nSPS) is 10.4. The molecule has 0 aliphatic heterocycles. The first-order valence-electron chi connectivity index (χ1n) is 6.34. The summed E-state index contributed by atoms with van der Waals surface area (Å²) in [6.07, 6.45) is 4.85. The van der Waals surface area contributed by atoms with Crippen molar-refractivity contribution in [1.29, 1.82) is 0 Å². The molecule has 5 heteroatoms. The number of nitrogens with two attached hydrogens (primary N) is 1. The van der Waals surface area contributed by atoms with Gasteiger partial charge in [-0.3, -0.25) is 9.48 Å². The summed E-state index contributed by atoms with van der Waals surface area (Å²) >= 11 is 0. The molecule has 1 amide bonds. The van der Waals surface area contributed by atoms with Crippen LogP contribution in [0, 0.1) is 0 Å². The van der Waals surface area contributed by atoms with Crippen LogP contribution in [0.4, 0.5) is 5.69 Å². The summed E-state index contributed by atoms with van der Waals surface area (Å²) < 4.78 is 1.86. The highest BCUT2D eigenvalue weighted by molar-refractivity contribution is 5.90. The van der Waals surface area contributed by atoms with Crippen molar-refractivity contribution in [2.45, 2.75) is 19.4 Å². The van der Waals surface area contributed by atoms with E-state index in [-0.39, 0.29) is 5.91 Å². The molecule has 0 radical (unpaired) electrons. The lowest BCUT2D eigenvalue weighted by atomic mass is 10.2. The number of aromatic nitrogens is 2. The van der Waals surface area contributed by atoms with Crippen molar-refractivity contribution in [2.75, 3.05) is 11.9 Å². The van der Waals surface area contributed by atoms with Crippen LogP contribution >= 0.6 is 0 Å². The van der Waals surface area contributed by atoms with E-state index < -0.39 is 0 Å². The van der Waals surface area contributed by atoms with Crippen LogP contribution in [-0.4, -0.2) is 22.2 Å². The first kappa shape index (κ1) is 13.3. The van der Waals surface area contributed by atoms with E-state index >= 15 is 0 Å². The summed E-state index contributed by atoms with van der Waals surface area (Å²) in [5, 5.41) is 7.00. The minimum Gasteiger partial charge on any atom is -0.330 e. The van der Waals surface area contributed by atoms with E-state index in [0.717, 1.165) is 17.8 Å². The molecule has 1 aromatic carbocycles. The van der Waals surface area contributed by atoms with Crippen LogP contribution in [0.1, 0.15) is 18.4 Å². The third kappa shape index (κ3) is 4.22. The van der Waals surface area contributed by atoms with Crippen LogP contribution in [0.2, 0.25) is 0 Å². The van der Waals surface area contributed by atoms with E-state index in [4.69, 9.17) is 5.73 Å². The molecule has 0 atom stereocenters. The van der Waals surface area contributed by atoms with Crippen LogP contribution in [0.3, 0.4) is 0 Å². The SMILES string of the molecule is NCCCC(=O)Nc1ccc(Cn2cccn2)cc1. The molecule has 1 heterocycles. The molecule has 3 N–H and O–H groups in total. The van der Waals surface area contributed by atoms with Crippen molar-refractivity contribution in [3.05, 3.63) is 48.3 Å². The molecule has 0 unspecified atom stereocenters. The van der Waals surface area contributed by atoms with E-state index in [2.05, 4.69) is 10.4 Å². The number of nitrogens with zero attached hydrogens (tertiary/aromatic N) is 2. The molecule has 0 fully saturated rings. The van der Waals surface area contributed by atoms with Crippen molar-refractivity contribution in [3.8, 4) is 0 Å². The molecule has 0 bridgehead atoms. The number of hydrogen-bond donors (Lipinski definition) is 2.